The molecular weight excluding hydrogens is 272 g/mol. The summed E-state index contributed by atoms with van der Waals surface area (Å²) in [7, 11) is 0. The van der Waals surface area contributed by atoms with E-state index in [9.17, 15) is 4.79 Å². The predicted molar refractivity (Wildman–Crippen MR) is 91.7 cm³/mol. The maximum atomic E-state index is 10.9. The summed E-state index contributed by atoms with van der Waals surface area (Å²) in [5.74, 6) is 1.13. The molecule has 126 valence electrons. The lowest BCUT2D eigenvalue weighted by atomic mass is 9.47. The van der Waals surface area contributed by atoms with Gasteiger partial charge in [-0.05, 0) is 74.0 Å². The minimum atomic E-state index is -0.657. The van der Waals surface area contributed by atoms with Crippen LogP contribution in [0, 0.1) is 28.6 Å². The van der Waals surface area contributed by atoms with Crippen LogP contribution in [0.2, 0.25) is 0 Å². The van der Waals surface area contributed by atoms with Gasteiger partial charge in [0.05, 0.1) is 0 Å². The molecule has 0 aliphatic heterocycles. The van der Waals surface area contributed by atoms with E-state index in [1.165, 1.54) is 32.1 Å². The highest BCUT2D eigenvalue weighted by atomic mass is 16.4. The third-order valence-electron chi connectivity index (χ3n) is 7.29. The van der Waals surface area contributed by atoms with E-state index >= 15 is 0 Å². The van der Waals surface area contributed by atoms with Crippen molar-refractivity contribution in [2.45, 2.75) is 79.6 Å². The Hall–Kier alpha value is -0.790. The Balaban J connectivity index is 2.15. The van der Waals surface area contributed by atoms with Gasteiger partial charge in [0.1, 0.15) is 0 Å². The molecule has 0 aromatic carbocycles. The summed E-state index contributed by atoms with van der Waals surface area (Å²) in [5.41, 5.74) is 2.32. The van der Waals surface area contributed by atoms with Crippen LogP contribution < -0.4 is 0 Å². The first-order valence-corrected chi connectivity index (χ1v) is 9.09. The summed E-state index contributed by atoms with van der Waals surface area (Å²) in [6.07, 6.45) is 10.1. The van der Waals surface area contributed by atoms with E-state index in [4.69, 9.17) is 5.11 Å². The van der Waals surface area contributed by atoms with Gasteiger partial charge in [-0.1, -0.05) is 39.3 Å². The second kappa shape index (κ2) is 6.37. The molecule has 2 heteroatoms. The molecule has 0 bridgehead atoms. The highest BCUT2D eigenvalue weighted by molar-refractivity contribution is 5.66. The van der Waals surface area contributed by atoms with Crippen molar-refractivity contribution in [1.82, 2.24) is 0 Å². The quantitative estimate of drug-likeness (QED) is 0.664. The topological polar surface area (TPSA) is 37.3 Å². The van der Waals surface area contributed by atoms with Crippen LogP contribution in [0.4, 0.5) is 0 Å². The molecule has 2 aliphatic rings. The lowest BCUT2D eigenvalue weighted by Gasteiger charge is -2.58. The molecule has 1 fully saturated rings. The molecule has 5 atom stereocenters. The summed E-state index contributed by atoms with van der Waals surface area (Å²) in [5, 5.41) is 8.99. The van der Waals surface area contributed by atoms with Gasteiger partial charge in [-0.3, -0.25) is 4.79 Å². The highest BCUT2D eigenvalue weighted by Crippen LogP contribution is 2.61. The number of carboxylic acids is 1. The van der Waals surface area contributed by atoms with Crippen molar-refractivity contribution in [3.63, 3.8) is 0 Å². The molecule has 0 radical (unpaired) electrons. The Morgan fingerprint density at radius 2 is 2.09 bits per heavy atom. The summed E-state index contributed by atoms with van der Waals surface area (Å²) >= 11 is 0. The Morgan fingerprint density at radius 3 is 2.73 bits per heavy atom. The number of rotatable bonds is 5. The minimum absolute atomic E-state index is 0.287. The second-order valence-corrected chi connectivity index (χ2v) is 8.62. The largest absolute Gasteiger partial charge is 0.481 e. The number of fused-ring (bicyclic) bond motifs is 1. The zero-order chi connectivity index (χ0) is 16.5. The highest BCUT2D eigenvalue weighted by Gasteiger charge is 2.52. The zero-order valence-electron chi connectivity index (χ0n) is 15.1. The first-order chi connectivity index (χ1) is 10.2. The van der Waals surface area contributed by atoms with Crippen molar-refractivity contribution in [1.29, 1.82) is 0 Å². The zero-order valence-corrected chi connectivity index (χ0v) is 15.1. The van der Waals surface area contributed by atoms with E-state index < -0.39 is 5.97 Å². The van der Waals surface area contributed by atoms with Crippen LogP contribution in [0.1, 0.15) is 79.6 Å². The summed E-state index contributed by atoms with van der Waals surface area (Å²) < 4.78 is 0. The number of carbonyl (C=O) groups is 1. The molecule has 1 saturated carbocycles. The van der Waals surface area contributed by atoms with E-state index in [1.807, 2.05) is 0 Å². The molecule has 2 nitrogen and oxygen atoms in total. The summed E-state index contributed by atoms with van der Waals surface area (Å²) in [6.45, 7) is 11.8. The van der Waals surface area contributed by atoms with E-state index in [0.29, 0.717) is 17.3 Å². The average Bonchev–Trinajstić information content (AvgIpc) is 2.43. The van der Waals surface area contributed by atoms with Crippen molar-refractivity contribution in [2.75, 3.05) is 0 Å². The first kappa shape index (κ1) is 17.6. The van der Waals surface area contributed by atoms with Gasteiger partial charge in [0, 0.05) is 6.42 Å². The van der Waals surface area contributed by atoms with Crippen molar-refractivity contribution >= 4 is 5.97 Å². The third kappa shape index (κ3) is 3.12. The number of hydrogen-bond donors (Lipinski definition) is 1. The number of aliphatic carboxylic acids is 1. The molecule has 22 heavy (non-hydrogen) atoms. The van der Waals surface area contributed by atoms with Gasteiger partial charge in [-0.2, -0.15) is 0 Å². The SMILES string of the molecule is CC1=CCC[C@@H]2[C@@](C)(CCC(C)CC(=O)O)[C@H](C)CC[C@]12C. The molecule has 1 N–H and O–H groups in total. The van der Waals surface area contributed by atoms with Gasteiger partial charge in [0.25, 0.3) is 0 Å². The molecule has 0 spiro atoms. The number of hydrogen-bond acceptors (Lipinski definition) is 1. The van der Waals surface area contributed by atoms with E-state index in [0.717, 1.165) is 18.3 Å². The molecular formula is C20H34O2. The average molecular weight is 306 g/mol. The van der Waals surface area contributed by atoms with Crippen LogP contribution in [-0.2, 0) is 4.79 Å². The lowest BCUT2D eigenvalue weighted by Crippen LogP contribution is -2.49. The van der Waals surface area contributed by atoms with Crippen LogP contribution in [0.5, 0.6) is 0 Å². The fraction of sp³-hybridized carbons (Fsp3) is 0.850. The molecule has 2 rings (SSSR count). The molecule has 0 aromatic heterocycles. The Kier molecular flexibility index (Phi) is 5.09. The Labute approximate surface area is 136 Å². The smallest absolute Gasteiger partial charge is 0.303 e. The number of carboxylic acid groups (broad SMARTS) is 1. The van der Waals surface area contributed by atoms with Crippen LogP contribution in [0.25, 0.3) is 0 Å². The predicted octanol–water partition coefficient (Wildman–Crippen LogP) is 5.68. The fourth-order valence-corrected chi connectivity index (χ4v) is 5.29. The minimum Gasteiger partial charge on any atom is -0.481 e. The van der Waals surface area contributed by atoms with E-state index in [1.54, 1.807) is 5.57 Å². The van der Waals surface area contributed by atoms with E-state index in [-0.39, 0.29) is 5.92 Å². The fourth-order valence-electron chi connectivity index (χ4n) is 5.29. The Bertz CT molecular complexity index is 453. The summed E-state index contributed by atoms with van der Waals surface area (Å²) in [4.78, 5) is 10.9. The lowest BCUT2D eigenvalue weighted by molar-refractivity contribution is -0.138. The van der Waals surface area contributed by atoms with Crippen LogP contribution >= 0.6 is 0 Å². The van der Waals surface area contributed by atoms with Crippen LogP contribution in [0.3, 0.4) is 0 Å². The van der Waals surface area contributed by atoms with Crippen LogP contribution in [-0.4, -0.2) is 11.1 Å². The molecule has 0 amide bonds. The second-order valence-electron chi connectivity index (χ2n) is 8.62. The van der Waals surface area contributed by atoms with Gasteiger partial charge in [-0.25, -0.2) is 0 Å². The Morgan fingerprint density at radius 1 is 1.41 bits per heavy atom. The molecule has 0 saturated heterocycles. The van der Waals surface area contributed by atoms with Crippen molar-refractivity contribution in [3.05, 3.63) is 11.6 Å². The van der Waals surface area contributed by atoms with Crippen LogP contribution in [0.15, 0.2) is 11.6 Å². The molecule has 0 aromatic rings. The molecule has 2 aliphatic carbocycles. The monoisotopic (exact) mass is 306 g/mol. The van der Waals surface area contributed by atoms with Crippen molar-refractivity contribution < 1.29 is 9.90 Å². The maximum Gasteiger partial charge on any atom is 0.303 e. The normalized spacial score (nSPS) is 39.8. The van der Waals surface area contributed by atoms with Gasteiger partial charge in [0.15, 0.2) is 0 Å². The molecule has 0 heterocycles. The maximum absolute atomic E-state index is 10.9. The third-order valence-corrected chi connectivity index (χ3v) is 7.29. The van der Waals surface area contributed by atoms with Gasteiger partial charge < -0.3 is 5.11 Å². The van der Waals surface area contributed by atoms with Crippen molar-refractivity contribution in [2.24, 2.45) is 28.6 Å². The first-order valence-electron chi connectivity index (χ1n) is 9.09. The summed E-state index contributed by atoms with van der Waals surface area (Å²) in [6, 6.07) is 0. The van der Waals surface area contributed by atoms with E-state index in [2.05, 4.69) is 40.7 Å². The number of allylic oxidation sites excluding steroid dienone is 2. The van der Waals surface area contributed by atoms with Gasteiger partial charge in [-0.15, -0.1) is 0 Å². The standard InChI is InChI=1S/C20H34O2/c1-14(13-18(21)22)9-11-19(4)16(3)10-12-20(5)15(2)7-6-8-17(19)20/h7,14,16-17H,6,8-13H2,1-5H3,(H,21,22)/t14?,16-,17-,19+,20-/m1/s1. The molecule has 1 unspecified atom stereocenters. The van der Waals surface area contributed by atoms with Gasteiger partial charge >= 0.3 is 5.97 Å². The van der Waals surface area contributed by atoms with Gasteiger partial charge in [0.2, 0.25) is 0 Å². The van der Waals surface area contributed by atoms with Crippen molar-refractivity contribution in [3.8, 4) is 0 Å².